The second-order valence-electron chi connectivity index (χ2n) is 6.22. The molecular formula is C22H21N3O3. The molecule has 2 amide bonds. The van der Waals surface area contributed by atoms with Crippen LogP contribution < -0.4 is 15.4 Å². The lowest BCUT2D eigenvalue weighted by Gasteiger charge is -2.09. The van der Waals surface area contributed by atoms with Gasteiger partial charge < -0.3 is 15.4 Å². The Labute approximate surface area is 163 Å². The van der Waals surface area contributed by atoms with E-state index in [1.54, 1.807) is 37.4 Å². The molecular weight excluding hydrogens is 354 g/mol. The Morgan fingerprint density at radius 1 is 1.00 bits per heavy atom. The number of ether oxygens (including phenoxy) is 1. The second kappa shape index (κ2) is 8.81. The van der Waals surface area contributed by atoms with Crippen molar-refractivity contribution in [2.45, 2.75) is 13.5 Å². The number of aromatic nitrogens is 1. The smallest absolute Gasteiger partial charge is 0.270 e. The highest BCUT2D eigenvalue weighted by molar-refractivity contribution is 6.05. The van der Waals surface area contributed by atoms with E-state index in [2.05, 4.69) is 15.6 Å². The molecule has 142 valence electrons. The Balaban J connectivity index is 1.66. The van der Waals surface area contributed by atoms with Crippen LogP contribution in [0.15, 0.2) is 66.9 Å². The van der Waals surface area contributed by atoms with Crippen molar-refractivity contribution in [3.8, 4) is 5.75 Å². The molecule has 0 fully saturated rings. The van der Waals surface area contributed by atoms with Gasteiger partial charge in [-0.25, -0.2) is 0 Å². The monoisotopic (exact) mass is 375 g/mol. The van der Waals surface area contributed by atoms with Gasteiger partial charge in [0.15, 0.2) is 0 Å². The molecule has 6 nitrogen and oxygen atoms in total. The summed E-state index contributed by atoms with van der Waals surface area (Å²) in [6.07, 6.45) is 1.45. The minimum Gasteiger partial charge on any atom is -0.497 e. The highest BCUT2D eigenvalue weighted by Gasteiger charge is 2.12. The lowest BCUT2D eigenvalue weighted by molar-refractivity contribution is 0.0946. The third kappa shape index (κ3) is 4.73. The summed E-state index contributed by atoms with van der Waals surface area (Å²) in [5.74, 6) is 0.0531. The van der Waals surface area contributed by atoms with Crippen molar-refractivity contribution in [3.63, 3.8) is 0 Å². The number of anilines is 1. The molecule has 1 aromatic heterocycles. The number of nitrogens with one attached hydrogen (secondary N) is 2. The van der Waals surface area contributed by atoms with Gasteiger partial charge in [-0.3, -0.25) is 14.6 Å². The molecule has 0 aliphatic carbocycles. The average molecular weight is 375 g/mol. The third-order valence-electron chi connectivity index (χ3n) is 4.30. The van der Waals surface area contributed by atoms with E-state index in [0.29, 0.717) is 23.5 Å². The molecule has 3 rings (SSSR count). The SMILES string of the molecule is COc1ccc(NC(=O)c2ccnc(C(=O)NCc3ccccc3C)c2)cc1. The average Bonchev–Trinajstić information content (AvgIpc) is 2.73. The first kappa shape index (κ1) is 19.1. The minimum atomic E-state index is -0.331. The summed E-state index contributed by atoms with van der Waals surface area (Å²) in [6, 6.07) is 17.9. The summed E-state index contributed by atoms with van der Waals surface area (Å²) in [6.45, 7) is 2.39. The van der Waals surface area contributed by atoms with Gasteiger partial charge >= 0.3 is 0 Å². The maximum atomic E-state index is 12.5. The molecule has 0 saturated heterocycles. The number of carbonyl (C=O) groups is 2. The molecule has 0 atom stereocenters. The lowest BCUT2D eigenvalue weighted by atomic mass is 10.1. The molecule has 1 heterocycles. The molecule has 2 aromatic carbocycles. The number of rotatable bonds is 6. The molecule has 28 heavy (non-hydrogen) atoms. The maximum Gasteiger partial charge on any atom is 0.270 e. The van der Waals surface area contributed by atoms with E-state index < -0.39 is 0 Å². The molecule has 0 spiro atoms. The van der Waals surface area contributed by atoms with Gasteiger partial charge in [-0.2, -0.15) is 0 Å². The van der Waals surface area contributed by atoms with Crippen molar-refractivity contribution < 1.29 is 14.3 Å². The number of aryl methyl sites for hydroxylation is 1. The quantitative estimate of drug-likeness (QED) is 0.690. The highest BCUT2D eigenvalue weighted by Crippen LogP contribution is 2.16. The van der Waals surface area contributed by atoms with Gasteiger partial charge in [-0.05, 0) is 54.4 Å². The van der Waals surface area contributed by atoms with Gasteiger partial charge in [-0.15, -0.1) is 0 Å². The van der Waals surface area contributed by atoms with Crippen LogP contribution in [0.25, 0.3) is 0 Å². The van der Waals surface area contributed by atoms with Crippen molar-refractivity contribution in [1.82, 2.24) is 10.3 Å². The molecule has 0 bridgehead atoms. The van der Waals surface area contributed by atoms with Crippen LogP contribution in [0.2, 0.25) is 0 Å². The minimum absolute atomic E-state index is 0.191. The van der Waals surface area contributed by atoms with Crippen LogP contribution in [0.1, 0.15) is 32.0 Å². The van der Waals surface area contributed by atoms with Crippen LogP contribution in [0, 0.1) is 6.92 Å². The van der Waals surface area contributed by atoms with Gasteiger partial charge in [0.2, 0.25) is 0 Å². The van der Waals surface area contributed by atoms with Gasteiger partial charge in [0.25, 0.3) is 11.8 Å². The number of amides is 2. The summed E-state index contributed by atoms with van der Waals surface area (Å²) < 4.78 is 5.10. The zero-order valence-electron chi connectivity index (χ0n) is 15.7. The number of hydrogen-bond acceptors (Lipinski definition) is 4. The largest absolute Gasteiger partial charge is 0.497 e. The highest BCUT2D eigenvalue weighted by atomic mass is 16.5. The third-order valence-corrected chi connectivity index (χ3v) is 4.30. The molecule has 0 saturated carbocycles. The predicted molar refractivity (Wildman–Crippen MR) is 108 cm³/mol. The van der Waals surface area contributed by atoms with Crippen LogP contribution in [-0.4, -0.2) is 23.9 Å². The molecule has 2 N–H and O–H groups in total. The summed E-state index contributed by atoms with van der Waals surface area (Å²) in [4.78, 5) is 29.0. The van der Waals surface area contributed by atoms with Gasteiger partial charge in [-0.1, -0.05) is 24.3 Å². The molecule has 0 unspecified atom stereocenters. The maximum absolute atomic E-state index is 12.5. The van der Waals surface area contributed by atoms with Crippen molar-refractivity contribution in [3.05, 3.63) is 89.2 Å². The zero-order valence-corrected chi connectivity index (χ0v) is 15.7. The van der Waals surface area contributed by atoms with Crippen LogP contribution in [0.5, 0.6) is 5.75 Å². The fourth-order valence-corrected chi connectivity index (χ4v) is 2.65. The Bertz CT molecular complexity index is 984. The number of methoxy groups -OCH3 is 1. The van der Waals surface area contributed by atoms with Crippen molar-refractivity contribution in [1.29, 1.82) is 0 Å². The van der Waals surface area contributed by atoms with E-state index in [-0.39, 0.29) is 17.5 Å². The van der Waals surface area contributed by atoms with Crippen molar-refractivity contribution >= 4 is 17.5 Å². The van der Waals surface area contributed by atoms with E-state index in [0.717, 1.165) is 11.1 Å². The van der Waals surface area contributed by atoms with E-state index in [9.17, 15) is 9.59 Å². The summed E-state index contributed by atoms with van der Waals surface area (Å²) in [5.41, 5.74) is 3.31. The number of pyridine rings is 1. The lowest BCUT2D eigenvalue weighted by Crippen LogP contribution is -2.24. The zero-order chi connectivity index (χ0) is 19.9. The molecule has 0 aliphatic rings. The normalized spacial score (nSPS) is 10.2. The number of nitrogens with zero attached hydrogens (tertiary/aromatic N) is 1. The molecule has 3 aromatic rings. The summed E-state index contributed by atoms with van der Waals surface area (Å²) in [7, 11) is 1.58. The molecule has 0 radical (unpaired) electrons. The summed E-state index contributed by atoms with van der Waals surface area (Å²) in [5, 5.41) is 5.62. The van der Waals surface area contributed by atoms with E-state index in [4.69, 9.17) is 4.74 Å². The van der Waals surface area contributed by atoms with Crippen LogP contribution in [-0.2, 0) is 6.54 Å². The topological polar surface area (TPSA) is 80.3 Å². The Hall–Kier alpha value is -3.67. The fourth-order valence-electron chi connectivity index (χ4n) is 2.65. The van der Waals surface area contributed by atoms with Crippen molar-refractivity contribution in [2.75, 3.05) is 12.4 Å². The van der Waals surface area contributed by atoms with Gasteiger partial charge in [0.1, 0.15) is 11.4 Å². The Kier molecular flexibility index (Phi) is 6.01. The van der Waals surface area contributed by atoms with Gasteiger partial charge in [0.05, 0.1) is 7.11 Å². The first-order valence-corrected chi connectivity index (χ1v) is 8.81. The summed E-state index contributed by atoms with van der Waals surface area (Å²) >= 11 is 0. The Morgan fingerprint density at radius 3 is 2.46 bits per heavy atom. The second-order valence-corrected chi connectivity index (χ2v) is 6.22. The number of hydrogen-bond donors (Lipinski definition) is 2. The van der Waals surface area contributed by atoms with Crippen LogP contribution >= 0.6 is 0 Å². The predicted octanol–water partition coefficient (Wildman–Crippen LogP) is 3.58. The van der Waals surface area contributed by atoms with E-state index in [1.807, 2.05) is 31.2 Å². The van der Waals surface area contributed by atoms with Gasteiger partial charge in [0, 0.05) is 24.0 Å². The first-order chi connectivity index (χ1) is 13.6. The van der Waals surface area contributed by atoms with Crippen LogP contribution in [0.3, 0.4) is 0 Å². The van der Waals surface area contributed by atoms with Crippen molar-refractivity contribution in [2.24, 2.45) is 0 Å². The first-order valence-electron chi connectivity index (χ1n) is 8.81. The number of benzene rings is 2. The van der Waals surface area contributed by atoms with E-state index >= 15 is 0 Å². The number of carbonyl (C=O) groups excluding carboxylic acids is 2. The molecule has 6 heteroatoms. The fraction of sp³-hybridized carbons (Fsp3) is 0.136. The standard InChI is InChI=1S/C22H21N3O3/c1-15-5-3-4-6-17(15)14-24-22(27)20-13-16(11-12-23-20)21(26)25-18-7-9-19(28-2)10-8-18/h3-13H,14H2,1-2H3,(H,24,27)(H,25,26). The molecule has 0 aliphatic heterocycles. The van der Waals surface area contributed by atoms with E-state index in [1.165, 1.54) is 12.3 Å². The Morgan fingerprint density at radius 2 is 1.75 bits per heavy atom. The van der Waals surface area contributed by atoms with Crippen LogP contribution in [0.4, 0.5) is 5.69 Å².